The predicted molar refractivity (Wildman–Crippen MR) is 68.4 cm³/mol. The van der Waals surface area contributed by atoms with Crippen molar-refractivity contribution in [1.82, 2.24) is 4.90 Å². The number of piperidine rings is 1. The number of hydrogen-bond acceptors (Lipinski definition) is 2. The normalized spacial score (nSPS) is 50.8. The van der Waals surface area contributed by atoms with Gasteiger partial charge in [-0.15, -0.1) is 0 Å². The van der Waals surface area contributed by atoms with Crippen LogP contribution in [0, 0.1) is 22.7 Å². The summed E-state index contributed by atoms with van der Waals surface area (Å²) in [6.07, 6.45) is 4.65. The summed E-state index contributed by atoms with van der Waals surface area (Å²) in [5.41, 5.74) is -1.14. The summed E-state index contributed by atoms with van der Waals surface area (Å²) in [5.74, 6) is -0.0641. The van der Waals surface area contributed by atoms with Crippen molar-refractivity contribution in [3.8, 4) is 0 Å². The van der Waals surface area contributed by atoms with Crippen LogP contribution in [0.5, 0.6) is 0 Å². The molecule has 0 aromatic rings. The molecule has 4 atom stereocenters. The Hall–Kier alpha value is -1.06. The van der Waals surface area contributed by atoms with Gasteiger partial charge in [0.15, 0.2) is 0 Å². The molecular formula is C15H21NO3. The number of carbonyl (C=O) groups excluding carboxylic acids is 1. The summed E-state index contributed by atoms with van der Waals surface area (Å²) < 4.78 is 0. The van der Waals surface area contributed by atoms with Crippen molar-refractivity contribution in [3.05, 3.63) is 0 Å². The van der Waals surface area contributed by atoms with Gasteiger partial charge in [-0.05, 0) is 43.4 Å². The minimum atomic E-state index is -0.912. The molecule has 1 aliphatic heterocycles. The molecule has 3 saturated carbocycles. The van der Waals surface area contributed by atoms with Crippen LogP contribution in [0.4, 0.5) is 0 Å². The summed E-state index contributed by atoms with van der Waals surface area (Å²) in [6, 6.07) is 0. The largest absolute Gasteiger partial charge is 0.479 e. The van der Waals surface area contributed by atoms with Gasteiger partial charge < -0.3 is 10.0 Å². The number of amides is 1. The molecule has 3 aliphatic carbocycles. The monoisotopic (exact) mass is 263 g/mol. The Morgan fingerprint density at radius 3 is 2.42 bits per heavy atom. The third-order valence-corrected chi connectivity index (χ3v) is 7.10. The lowest BCUT2D eigenvalue weighted by Gasteiger charge is -2.45. The lowest BCUT2D eigenvalue weighted by Crippen LogP contribution is -2.61. The van der Waals surface area contributed by atoms with Crippen LogP contribution in [0.2, 0.25) is 0 Å². The Morgan fingerprint density at radius 1 is 1.21 bits per heavy atom. The zero-order chi connectivity index (χ0) is 13.6. The maximum absolute atomic E-state index is 12.5. The number of nitrogens with zero attached hydrogens (tertiary/aromatic N) is 1. The molecule has 4 fully saturated rings. The second-order valence-electron chi connectivity index (χ2n) is 7.55. The van der Waals surface area contributed by atoms with E-state index in [2.05, 4.69) is 13.8 Å². The first-order valence-corrected chi connectivity index (χ1v) is 7.42. The Labute approximate surface area is 113 Å². The van der Waals surface area contributed by atoms with Crippen LogP contribution in [0.1, 0.15) is 46.0 Å². The molecule has 1 heterocycles. The molecule has 4 unspecified atom stereocenters. The molecule has 0 aromatic carbocycles. The van der Waals surface area contributed by atoms with E-state index < -0.39 is 11.5 Å². The van der Waals surface area contributed by atoms with Crippen LogP contribution in [-0.4, -0.2) is 34.0 Å². The van der Waals surface area contributed by atoms with Crippen molar-refractivity contribution in [3.63, 3.8) is 0 Å². The number of carboxylic acid groups (broad SMARTS) is 1. The number of aliphatic carboxylic acids is 1. The van der Waals surface area contributed by atoms with Crippen LogP contribution in [0.3, 0.4) is 0 Å². The van der Waals surface area contributed by atoms with Crippen molar-refractivity contribution in [2.24, 2.45) is 22.7 Å². The average Bonchev–Trinajstić information content (AvgIpc) is 3.11. The molecule has 0 radical (unpaired) electrons. The van der Waals surface area contributed by atoms with E-state index in [9.17, 15) is 14.7 Å². The van der Waals surface area contributed by atoms with E-state index >= 15 is 0 Å². The molecule has 104 valence electrons. The van der Waals surface area contributed by atoms with Gasteiger partial charge in [0.1, 0.15) is 5.54 Å². The highest BCUT2D eigenvalue weighted by molar-refractivity contribution is 5.92. The number of rotatable bonds is 2. The fourth-order valence-corrected chi connectivity index (χ4v) is 5.54. The van der Waals surface area contributed by atoms with E-state index in [1.165, 1.54) is 0 Å². The molecule has 1 amide bonds. The highest BCUT2D eigenvalue weighted by Crippen LogP contribution is 2.76. The molecular weight excluding hydrogens is 242 g/mol. The van der Waals surface area contributed by atoms with Crippen molar-refractivity contribution < 1.29 is 14.7 Å². The number of hydrogen-bond donors (Lipinski definition) is 1. The Bertz CT molecular complexity index is 500. The predicted octanol–water partition coefficient (Wildman–Crippen LogP) is 1.89. The second kappa shape index (κ2) is 2.99. The van der Waals surface area contributed by atoms with Gasteiger partial charge in [-0.2, -0.15) is 0 Å². The van der Waals surface area contributed by atoms with Gasteiger partial charge in [-0.1, -0.05) is 13.8 Å². The quantitative estimate of drug-likeness (QED) is 0.827. The molecule has 0 spiro atoms. The number of likely N-dealkylation sites (tertiary alicyclic amines) is 1. The van der Waals surface area contributed by atoms with Gasteiger partial charge in [0.25, 0.3) is 0 Å². The molecule has 4 heteroatoms. The van der Waals surface area contributed by atoms with E-state index in [1.807, 2.05) is 0 Å². The van der Waals surface area contributed by atoms with E-state index in [4.69, 9.17) is 0 Å². The molecule has 4 bridgehead atoms. The van der Waals surface area contributed by atoms with Crippen LogP contribution in [-0.2, 0) is 9.59 Å². The minimum absolute atomic E-state index is 0.00986. The van der Waals surface area contributed by atoms with Gasteiger partial charge in [-0.25, -0.2) is 4.79 Å². The minimum Gasteiger partial charge on any atom is -0.479 e. The van der Waals surface area contributed by atoms with Crippen LogP contribution < -0.4 is 0 Å². The van der Waals surface area contributed by atoms with Crippen molar-refractivity contribution in [2.45, 2.75) is 51.5 Å². The zero-order valence-electron chi connectivity index (χ0n) is 11.6. The van der Waals surface area contributed by atoms with Crippen molar-refractivity contribution >= 4 is 11.9 Å². The molecule has 4 aliphatic rings. The first-order valence-electron chi connectivity index (χ1n) is 7.42. The fraction of sp³-hybridized carbons (Fsp3) is 0.867. The molecule has 1 saturated heterocycles. The number of carbonyl (C=O) groups is 2. The highest BCUT2D eigenvalue weighted by atomic mass is 16.4. The van der Waals surface area contributed by atoms with E-state index in [1.54, 1.807) is 4.90 Å². The first-order chi connectivity index (χ1) is 8.87. The van der Waals surface area contributed by atoms with Crippen LogP contribution in [0.25, 0.3) is 0 Å². The average molecular weight is 263 g/mol. The summed E-state index contributed by atoms with van der Waals surface area (Å²) in [5, 5.41) is 9.92. The topological polar surface area (TPSA) is 57.6 Å². The lowest BCUT2D eigenvalue weighted by molar-refractivity contribution is -0.165. The Kier molecular flexibility index (Phi) is 1.85. The molecule has 4 nitrogen and oxygen atoms in total. The summed E-state index contributed by atoms with van der Waals surface area (Å²) >= 11 is 0. The third kappa shape index (κ3) is 0.986. The molecule has 0 aromatic heterocycles. The van der Waals surface area contributed by atoms with Gasteiger partial charge in [0, 0.05) is 17.9 Å². The fourth-order valence-electron chi connectivity index (χ4n) is 5.54. The van der Waals surface area contributed by atoms with E-state index in [-0.39, 0.29) is 22.7 Å². The van der Waals surface area contributed by atoms with E-state index in [0.717, 1.165) is 25.7 Å². The zero-order valence-corrected chi connectivity index (χ0v) is 11.6. The lowest BCUT2D eigenvalue weighted by atomic mass is 9.65. The maximum Gasteiger partial charge on any atom is 0.330 e. The Morgan fingerprint density at radius 2 is 1.89 bits per heavy atom. The molecule has 19 heavy (non-hydrogen) atoms. The second-order valence-corrected chi connectivity index (χ2v) is 7.55. The van der Waals surface area contributed by atoms with Crippen LogP contribution in [0.15, 0.2) is 0 Å². The maximum atomic E-state index is 12.5. The van der Waals surface area contributed by atoms with Gasteiger partial charge in [0.2, 0.25) is 5.91 Å². The highest BCUT2D eigenvalue weighted by Gasteiger charge is 2.81. The van der Waals surface area contributed by atoms with Gasteiger partial charge in [0.05, 0.1) is 0 Å². The van der Waals surface area contributed by atoms with Crippen molar-refractivity contribution in [2.75, 3.05) is 6.54 Å². The van der Waals surface area contributed by atoms with Crippen LogP contribution >= 0.6 is 0 Å². The number of carboxylic acids is 1. The SMILES string of the molecule is CC12CN(C(=O)C3CC3)C3(C(=O)O)CC1CCC23C. The standard InChI is InChI=1S/C15H21NO3/c1-13-8-16(11(17)9-3-4-9)15(12(18)19)7-10(13)5-6-14(13,15)2/h9-10H,3-8H2,1-2H3,(H,18,19). The van der Waals surface area contributed by atoms with Crippen molar-refractivity contribution in [1.29, 1.82) is 0 Å². The molecule has 4 rings (SSSR count). The summed E-state index contributed by atoms with van der Waals surface area (Å²) in [6.45, 7) is 5.00. The summed E-state index contributed by atoms with van der Waals surface area (Å²) in [4.78, 5) is 26.4. The third-order valence-electron chi connectivity index (χ3n) is 7.10. The first kappa shape index (κ1) is 11.7. The summed E-state index contributed by atoms with van der Waals surface area (Å²) in [7, 11) is 0. The molecule has 1 N–H and O–H groups in total. The smallest absolute Gasteiger partial charge is 0.330 e. The Balaban J connectivity index is 1.85. The van der Waals surface area contributed by atoms with Gasteiger partial charge >= 0.3 is 5.97 Å². The van der Waals surface area contributed by atoms with Gasteiger partial charge in [-0.3, -0.25) is 4.79 Å². The van der Waals surface area contributed by atoms with E-state index in [0.29, 0.717) is 18.9 Å².